The fourth-order valence-electron chi connectivity index (χ4n) is 1.23. The first kappa shape index (κ1) is 15.1. The first-order valence-corrected chi connectivity index (χ1v) is 7.76. The van der Waals surface area contributed by atoms with Crippen LogP contribution in [0.4, 0.5) is 9.18 Å². The molecule has 1 rings (SSSR count). The third-order valence-corrected chi connectivity index (χ3v) is 3.39. The number of hydrogen-bond acceptors (Lipinski definition) is 2. The molecule has 0 saturated carbocycles. The van der Waals surface area contributed by atoms with E-state index in [9.17, 15) is 13.4 Å². The van der Waals surface area contributed by atoms with Crippen molar-refractivity contribution in [3.05, 3.63) is 34.1 Å². The summed E-state index contributed by atoms with van der Waals surface area (Å²) in [5, 5.41) is 5.07. The smallest absolute Gasteiger partial charge is 0.315 e. The second-order valence-corrected chi connectivity index (χ2v) is 6.09. The van der Waals surface area contributed by atoms with Crippen LogP contribution in [-0.2, 0) is 17.3 Å². The highest BCUT2D eigenvalue weighted by Gasteiger charge is 2.05. The minimum absolute atomic E-state index is 0.103. The Hall–Kier alpha value is -0.950. The molecule has 0 aliphatic carbocycles. The highest BCUT2D eigenvalue weighted by Crippen LogP contribution is 2.15. The monoisotopic (exact) mass is 336 g/mol. The van der Waals surface area contributed by atoms with Crippen LogP contribution in [-0.4, -0.2) is 28.8 Å². The van der Waals surface area contributed by atoms with Gasteiger partial charge in [-0.25, -0.2) is 9.18 Å². The van der Waals surface area contributed by atoms with E-state index in [1.807, 2.05) is 0 Å². The molecule has 2 N–H and O–H groups in total. The van der Waals surface area contributed by atoms with Crippen molar-refractivity contribution in [1.82, 2.24) is 10.6 Å². The van der Waals surface area contributed by atoms with E-state index in [4.69, 9.17) is 0 Å². The maximum atomic E-state index is 13.3. The number of halogens is 2. The van der Waals surface area contributed by atoms with Gasteiger partial charge in [0.1, 0.15) is 5.82 Å². The van der Waals surface area contributed by atoms with E-state index in [0.29, 0.717) is 17.9 Å². The quantitative estimate of drug-likeness (QED) is 0.860. The molecular weight excluding hydrogens is 323 g/mol. The van der Waals surface area contributed by atoms with Gasteiger partial charge in [-0.2, -0.15) is 0 Å². The summed E-state index contributed by atoms with van der Waals surface area (Å²) in [7, 11) is -0.937. The molecule has 2 amide bonds. The van der Waals surface area contributed by atoms with Crippen molar-refractivity contribution in [1.29, 1.82) is 0 Å². The lowest BCUT2D eigenvalue weighted by atomic mass is 10.2. The summed E-state index contributed by atoms with van der Waals surface area (Å²) >= 11 is 3.23. The van der Waals surface area contributed by atoms with Gasteiger partial charge in [0, 0.05) is 45.9 Å². The molecule has 0 bridgehead atoms. The van der Waals surface area contributed by atoms with Crippen LogP contribution in [0.1, 0.15) is 5.56 Å². The van der Waals surface area contributed by atoms with Gasteiger partial charge in [-0.05, 0) is 18.2 Å². The van der Waals surface area contributed by atoms with E-state index in [1.54, 1.807) is 18.4 Å². The molecular formula is C11H14BrFN2O2S. The number of urea groups is 1. The SMILES string of the molecule is CS(=O)CCNC(=O)NCc1cc(Br)ccc1F. The summed E-state index contributed by atoms with van der Waals surface area (Å²) in [5.74, 6) is 0.0340. The molecule has 18 heavy (non-hydrogen) atoms. The summed E-state index contributed by atoms with van der Waals surface area (Å²) in [6.45, 7) is 0.433. The molecule has 0 saturated heterocycles. The van der Waals surface area contributed by atoms with E-state index in [0.717, 1.165) is 4.47 Å². The van der Waals surface area contributed by atoms with Crippen LogP contribution >= 0.6 is 15.9 Å². The van der Waals surface area contributed by atoms with Gasteiger partial charge in [0.05, 0.1) is 0 Å². The number of hydrogen-bond donors (Lipinski definition) is 2. The van der Waals surface area contributed by atoms with Gasteiger partial charge in [0.2, 0.25) is 0 Å². The van der Waals surface area contributed by atoms with Crippen LogP contribution in [0, 0.1) is 5.82 Å². The maximum absolute atomic E-state index is 13.3. The van der Waals surface area contributed by atoms with E-state index < -0.39 is 16.8 Å². The normalized spacial score (nSPS) is 11.9. The highest BCUT2D eigenvalue weighted by atomic mass is 79.9. The zero-order chi connectivity index (χ0) is 13.5. The molecule has 1 aromatic rings. The third kappa shape index (κ3) is 5.59. The molecule has 0 aliphatic rings. The average Bonchev–Trinajstić information content (AvgIpc) is 2.30. The lowest BCUT2D eigenvalue weighted by molar-refractivity contribution is 0.241. The maximum Gasteiger partial charge on any atom is 0.315 e. The number of carbonyl (C=O) groups excluding carboxylic acids is 1. The fourth-order valence-corrected chi connectivity index (χ4v) is 2.02. The van der Waals surface area contributed by atoms with Gasteiger partial charge in [0.25, 0.3) is 0 Å². The molecule has 7 heteroatoms. The lowest BCUT2D eigenvalue weighted by Crippen LogP contribution is -2.37. The topological polar surface area (TPSA) is 58.2 Å². The van der Waals surface area contributed by atoms with Crippen molar-refractivity contribution in [3.8, 4) is 0 Å². The van der Waals surface area contributed by atoms with Crippen molar-refractivity contribution < 1.29 is 13.4 Å². The summed E-state index contributed by atoms with van der Waals surface area (Å²) in [6, 6.07) is 4.13. The fraction of sp³-hybridized carbons (Fsp3) is 0.364. The van der Waals surface area contributed by atoms with Crippen molar-refractivity contribution in [2.75, 3.05) is 18.6 Å². The first-order chi connectivity index (χ1) is 8.49. The highest BCUT2D eigenvalue weighted by molar-refractivity contribution is 9.10. The molecule has 0 radical (unpaired) electrons. The van der Waals surface area contributed by atoms with Crippen LogP contribution in [0.5, 0.6) is 0 Å². The molecule has 4 nitrogen and oxygen atoms in total. The molecule has 1 aromatic carbocycles. The molecule has 0 spiro atoms. The van der Waals surface area contributed by atoms with Crippen LogP contribution < -0.4 is 10.6 Å². The molecule has 1 atom stereocenters. The second-order valence-electron chi connectivity index (χ2n) is 3.62. The van der Waals surface area contributed by atoms with Gasteiger partial charge in [-0.15, -0.1) is 0 Å². The van der Waals surface area contributed by atoms with E-state index in [-0.39, 0.29) is 12.4 Å². The summed E-state index contributed by atoms with van der Waals surface area (Å²) in [4.78, 5) is 11.3. The van der Waals surface area contributed by atoms with Gasteiger partial charge < -0.3 is 10.6 Å². The van der Waals surface area contributed by atoms with E-state index in [1.165, 1.54) is 6.07 Å². The van der Waals surface area contributed by atoms with Crippen LogP contribution in [0.2, 0.25) is 0 Å². The number of carbonyl (C=O) groups is 1. The van der Waals surface area contributed by atoms with E-state index in [2.05, 4.69) is 26.6 Å². The van der Waals surface area contributed by atoms with Gasteiger partial charge in [-0.1, -0.05) is 15.9 Å². The van der Waals surface area contributed by atoms with Gasteiger partial charge in [-0.3, -0.25) is 4.21 Å². The molecule has 0 fully saturated rings. The number of benzene rings is 1. The Kier molecular flexibility index (Phi) is 6.28. The molecule has 0 aromatic heterocycles. The van der Waals surface area contributed by atoms with Crippen molar-refractivity contribution in [2.45, 2.75) is 6.54 Å². The van der Waals surface area contributed by atoms with Crippen LogP contribution in [0.3, 0.4) is 0 Å². The predicted molar refractivity (Wildman–Crippen MR) is 73.3 cm³/mol. The van der Waals surface area contributed by atoms with Crippen molar-refractivity contribution in [3.63, 3.8) is 0 Å². The molecule has 0 heterocycles. The number of nitrogens with one attached hydrogen (secondary N) is 2. The van der Waals surface area contributed by atoms with E-state index >= 15 is 0 Å². The standard InChI is InChI=1S/C11H14BrFN2O2S/c1-18(17)5-4-14-11(16)15-7-8-6-9(12)2-3-10(8)13/h2-3,6H,4-5,7H2,1H3,(H2,14,15,16). The van der Waals surface area contributed by atoms with Crippen molar-refractivity contribution in [2.24, 2.45) is 0 Å². The minimum atomic E-state index is -0.937. The third-order valence-electron chi connectivity index (χ3n) is 2.12. The zero-order valence-corrected chi connectivity index (χ0v) is 12.2. The van der Waals surface area contributed by atoms with Gasteiger partial charge in [0.15, 0.2) is 0 Å². The predicted octanol–water partition coefficient (Wildman–Crippen LogP) is 1.77. The summed E-state index contributed by atoms with van der Waals surface area (Å²) < 4.78 is 24.9. The molecule has 1 unspecified atom stereocenters. The van der Waals surface area contributed by atoms with Crippen LogP contribution in [0.25, 0.3) is 0 Å². The molecule has 0 aliphatic heterocycles. The summed E-state index contributed by atoms with van der Waals surface area (Å²) in [5.41, 5.74) is 0.401. The lowest BCUT2D eigenvalue weighted by Gasteiger charge is -2.08. The minimum Gasteiger partial charge on any atom is -0.337 e. The average molecular weight is 337 g/mol. The Morgan fingerprint density at radius 2 is 2.17 bits per heavy atom. The Balaban J connectivity index is 2.38. The number of rotatable bonds is 5. The Labute approximate surface area is 116 Å². The Bertz CT molecular complexity index is 457. The zero-order valence-electron chi connectivity index (χ0n) is 9.83. The Morgan fingerprint density at radius 3 is 2.83 bits per heavy atom. The second kappa shape index (κ2) is 7.48. The largest absolute Gasteiger partial charge is 0.337 e. The Morgan fingerprint density at radius 1 is 1.44 bits per heavy atom. The van der Waals surface area contributed by atoms with Gasteiger partial charge >= 0.3 is 6.03 Å². The van der Waals surface area contributed by atoms with Crippen LogP contribution in [0.15, 0.2) is 22.7 Å². The summed E-state index contributed by atoms with van der Waals surface area (Å²) in [6.07, 6.45) is 1.57. The molecule has 100 valence electrons. The van der Waals surface area contributed by atoms with Crippen molar-refractivity contribution >= 4 is 32.8 Å². The first-order valence-electron chi connectivity index (χ1n) is 5.24. The number of amides is 2.